The summed E-state index contributed by atoms with van der Waals surface area (Å²) in [6.07, 6.45) is 0. The third-order valence-electron chi connectivity index (χ3n) is 18.2. The number of ether oxygens (including phenoxy) is 8. The van der Waals surface area contributed by atoms with Gasteiger partial charge < -0.3 is 59.2 Å². The highest BCUT2D eigenvalue weighted by Gasteiger charge is 2.30. The molecule has 0 saturated carbocycles. The molecular formula is C82H99Cl8N9O12. The van der Waals surface area contributed by atoms with Gasteiger partial charge in [0.05, 0.1) is 112 Å². The van der Waals surface area contributed by atoms with Crippen molar-refractivity contribution in [3.05, 3.63) is 259 Å². The summed E-state index contributed by atoms with van der Waals surface area (Å²) < 4.78 is 42.4. The van der Waals surface area contributed by atoms with E-state index >= 15 is 0 Å². The SMILES string of the molecule is CC#N.COc1ccc(C(=O)NCC(c2ccccc2Cl)N2CCOCC2)cc1.COc1ccc(C(=O)NCC(c2ccccc2Cl)N2CCOCC2)cc1.COc1ccc(C(=O)NCC(c2ccccc2Cl)N2CCOCC2)cc1.COc1ccc(C(=O)NCC(c2ccccc2Cl)N2CCOCC2)cc1.Cl.Cl.Cl.Cl. The second-order valence-electron chi connectivity index (χ2n) is 24.7. The summed E-state index contributed by atoms with van der Waals surface area (Å²) in [5.41, 5.74) is 6.49. The van der Waals surface area contributed by atoms with Crippen molar-refractivity contribution in [1.82, 2.24) is 40.9 Å². The summed E-state index contributed by atoms with van der Waals surface area (Å²) in [5, 5.41) is 22.3. The first-order valence-electron chi connectivity index (χ1n) is 35.4. The number of methoxy groups -OCH3 is 4. The van der Waals surface area contributed by atoms with Gasteiger partial charge in [0.25, 0.3) is 23.6 Å². The second-order valence-corrected chi connectivity index (χ2v) is 26.3. The third kappa shape index (κ3) is 30.3. The van der Waals surface area contributed by atoms with E-state index in [2.05, 4.69) is 40.9 Å². The van der Waals surface area contributed by atoms with Crippen LogP contribution in [0, 0.1) is 11.3 Å². The highest BCUT2D eigenvalue weighted by Crippen LogP contribution is 2.33. The summed E-state index contributed by atoms with van der Waals surface area (Å²) >= 11 is 25.7. The molecule has 8 aromatic rings. The van der Waals surface area contributed by atoms with Crippen LogP contribution in [0.1, 0.15) is 94.8 Å². The van der Waals surface area contributed by atoms with Gasteiger partial charge in [-0.1, -0.05) is 119 Å². The molecule has 0 aromatic heterocycles. The molecular weight excluding hydrogens is 1590 g/mol. The average molecular weight is 1690 g/mol. The first-order valence-corrected chi connectivity index (χ1v) is 36.9. The number of amides is 4. The van der Waals surface area contributed by atoms with Gasteiger partial charge in [-0.05, 0) is 144 Å². The maximum absolute atomic E-state index is 12.5. The number of hydrogen-bond donors (Lipinski definition) is 4. The fourth-order valence-electron chi connectivity index (χ4n) is 12.4. The topological polar surface area (TPSA) is 227 Å². The Morgan fingerprint density at radius 2 is 0.495 bits per heavy atom. The first kappa shape index (κ1) is 95.7. The van der Waals surface area contributed by atoms with E-state index in [0.29, 0.717) is 121 Å². The number of halogens is 8. The maximum Gasteiger partial charge on any atom is 0.251 e. The zero-order chi connectivity index (χ0) is 76.1. The number of nitrogens with one attached hydrogen (secondary N) is 4. The van der Waals surface area contributed by atoms with Crippen LogP contribution in [0.15, 0.2) is 194 Å². The van der Waals surface area contributed by atoms with Gasteiger partial charge in [-0.15, -0.1) is 49.6 Å². The van der Waals surface area contributed by atoms with E-state index < -0.39 is 0 Å². The molecule has 0 bridgehead atoms. The van der Waals surface area contributed by atoms with Crippen molar-refractivity contribution in [2.45, 2.75) is 31.1 Å². The van der Waals surface area contributed by atoms with Crippen molar-refractivity contribution in [2.75, 3.05) is 160 Å². The minimum absolute atomic E-state index is 0. The molecule has 0 radical (unpaired) electrons. The van der Waals surface area contributed by atoms with Crippen LogP contribution in [0.4, 0.5) is 0 Å². The van der Waals surface area contributed by atoms with Gasteiger partial charge in [0.1, 0.15) is 23.0 Å². The molecule has 4 unspecified atom stereocenters. The van der Waals surface area contributed by atoms with Crippen LogP contribution in [0.3, 0.4) is 0 Å². The monoisotopic (exact) mass is 1680 g/mol. The molecule has 21 nitrogen and oxygen atoms in total. The molecule has 4 fully saturated rings. The van der Waals surface area contributed by atoms with Gasteiger partial charge in [0.2, 0.25) is 0 Å². The van der Waals surface area contributed by atoms with E-state index in [1.807, 2.05) is 97.1 Å². The van der Waals surface area contributed by atoms with Crippen molar-refractivity contribution in [2.24, 2.45) is 0 Å². The number of carbonyl (C=O) groups is 4. The van der Waals surface area contributed by atoms with E-state index in [4.69, 9.17) is 89.6 Å². The zero-order valence-electron chi connectivity index (χ0n) is 62.7. The number of nitriles is 1. The number of hydrogen-bond acceptors (Lipinski definition) is 17. The first-order chi connectivity index (χ1) is 52.2. The Hall–Kier alpha value is -7.67. The van der Waals surface area contributed by atoms with E-state index in [-0.39, 0.29) is 97.4 Å². The average Bonchev–Trinajstić information content (AvgIpc) is 0.842. The standard InChI is InChI=1S/4C20H23ClN2O3.C2H3N.4ClH/c4*1-25-16-8-6-15(7-9-16)20(24)22-14-19(23-10-12-26-13-11-23)17-4-2-3-5-18(17)21;1-2-3;;;;/h4*2-9,19H,10-14H2,1H3,(H,22,24);1H3;4*1H. The van der Waals surface area contributed by atoms with Gasteiger partial charge in [-0.2, -0.15) is 5.26 Å². The lowest BCUT2D eigenvalue weighted by Gasteiger charge is -2.35. The Morgan fingerprint density at radius 1 is 0.333 bits per heavy atom. The summed E-state index contributed by atoms with van der Waals surface area (Å²) in [4.78, 5) is 59.3. The molecule has 600 valence electrons. The van der Waals surface area contributed by atoms with Crippen molar-refractivity contribution < 1.29 is 57.1 Å². The van der Waals surface area contributed by atoms with Crippen molar-refractivity contribution in [3.8, 4) is 29.1 Å². The molecule has 4 saturated heterocycles. The molecule has 4 aliphatic rings. The van der Waals surface area contributed by atoms with Crippen LogP contribution in [-0.2, 0) is 18.9 Å². The Kier molecular flexibility index (Phi) is 45.4. The van der Waals surface area contributed by atoms with Crippen LogP contribution in [-0.4, -0.2) is 203 Å². The maximum atomic E-state index is 12.5. The summed E-state index contributed by atoms with van der Waals surface area (Å²) in [6, 6.07) is 61.2. The van der Waals surface area contributed by atoms with Gasteiger partial charge >= 0.3 is 0 Å². The minimum Gasteiger partial charge on any atom is -0.497 e. The molecule has 4 aliphatic heterocycles. The van der Waals surface area contributed by atoms with Crippen molar-refractivity contribution >= 4 is 120 Å². The normalized spacial score (nSPS) is 15.1. The number of carbonyl (C=O) groups excluding carboxylic acids is 4. The molecule has 4 heterocycles. The second kappa shape index (κ2) is 52.6. The number of nitrogens with zero attached hydrogens (tertiary/aromatic N) is 5. The third-order valence-corrected chi connectivity index (χ3v) is 19.6. The quantitative estimate of drug-likeness (QED) is 0.0441. The number of morpholine rings is 4. The molecule has 4 amide bonds. The van der Waals surface area contributed by atoms with Gasteiger partial charge in [0, 0.05) is 128 Å². The van der Waals surface area contributed by atoms with Gasteiger partial charge in [-0.3, -0.25) is 38.8 Å². The number of benzene rings is 8. The lowest BCUT2D eigenvalue weighted by Crippen LogP contribution is -2.44. The Labute approximate surface area is 696 Å². The fourth-order valence-corrected chi connectivity index (χ4v) is 13.5. The molecule has 4 N–H and O–H groups in total. The van der Waals surface area contributed by atoms with E-state index in [9.17, 15) is 19.2 Å². The molecule has 111 heavy (non-hydrogen) atoms. The van der Waals surface area contributed by atoms with Crippen LogP contribution < -0.4 is 40.2 Å². The van der Waals surface area contributed by atoms with Crippen molar-refractivity contribution in [1.29, 1.82) is 5.26 Å². The summed E-state index contributed by atoms with van der Waals surface area (Å²) in [6.45, 7) is 15.4. The lowest BCUT2D eigenvalue weighted by atomic mass is 10.0. The van der Waals surface area contributed by atoms with E-state index in [0.717, 1.165) is 97.6 Å². The Balaban J connectivity index is 0.000000305. The number of rotatable bonds is 24. The van der Waals surface area contributed by atoms with Gasteiger partial charge in [0.15, 0.2) is 0 Å². The predicted molar refractivity (Wildman–Crippen MR) is 448 cm³/mol. The Morgan fingerprint density at radius 3 is 0.649 bits per heavy atom. The van der Waals surface area contributed by atoms with Crippen LogP contribution >= 0.6 is 96.0 Å². The van der Waals surface area contributed by atoms with Crippen molar-refractivity contribution in [3.63, 3.8) is 0 Å². The van der Waals surface area contributed by atoms with Crippen LogP contribution in [0.2, 0.25) is 20.1 Å². The fraction of sp³-hybridized carbons (Fsp3) is 0.354. The predicted octanol–water partition coefficient (Wildman–Crippen LogP) is 14.8. The van der Waals surface area contributed by atoms with Crippen LogP contribution in [0.5, 0.6) is 23.0 Å². The summed E-state index contributed by atoms with van der Waals surface area (Å²) in [7, 11) is 6.41. The molecule has 0 spiro atoms. The molecule has 12 rings (SSSR count). The molecule has 8 aromatic carbocycles. The minimum atomic E-state index is -0.113. The van der Waals surface area contributed by atoms with E-state index in [1.54, 1.807) is 132 Å². The zero-order valence-corrected chi connectivity index (χ0v) is 69.0. The van der Waals surface area contributed by atoms with Gasteiger partial charge in [-0.25, -0.2) is 0 Å². The highest BCUT2D eigenvalue weighted by molar-refractivity contribution is 6.32. The lowest BCUT2D eigenvalue weighted by molar-refractivity contribution is 0.0161. The summed E-state index contributed by atoms with van der Waals surface area (Å²) in [5.74, 6) is 2.45. The Bertz CT molecular complexity index is 3550. The largest absolute Gasteiger partial charge is 0.497 e. The molecule has 0 aliphatic carbocycles. The molecule has 4 atom stereocenters. The van der Waals surface area contributed by atoms with Crippen LogP contribution in [0.25, 0.3) is 0 Å². The highest BCUT2D eigenvalue weighted by atomic mass is 35.5. The molecule has 29 heteroatoms. The van der Waals surface area contributed by atoms with E-state index in [1.165, 1.54) is 6.92 Å². The smallest absolute Gasteiger partial charge is 0.251 e.